The Labute approximate surface area is 121 Å². The summed E-state index contributed by atoms with van der Waals surface area (Å²) in [5, 5.41) is 6.32. The Hall–Kier alpha value is -1.62. The van der Waals surface area contributed by atoms with E-state index in [0.29, 0.717) is 5.95 Å². The van der Waals surface area contributed by atoms with E-state index in [1.165, 1.54) is 5.56 Å². The average molecular weight is 321 g/mol. The standard InChI is InChI=1S/C14H17BrN4/c1-4-10-8-11(15)5-6-12(10)18-13-7-9(2)17-14(16-3)19-13/h5-8H,4H2,1-3H3,(H2,16,17,18,19). The number of rotatable bonds is 4. The van der Waals surface area contributed by atoms with Crippen LogP contribution in [0.3, 0.4) is 0 Å². The molecule has 100 valence electrons. The number of halogens is 1. The van der Waals surface area contributed by atoms with Crippen LogP contribution in [0.5, 0.6) is 0 Å². The van der Waals surface area contributed by atoms with Gasteiger partial charge in [-0.15, -0.1) is 0 Å². The Morgan fingerprint density at radius 1 is 1.21 bits per heavy atom. The van der Waals surface area contributed by atoms with Gasteiger partial charge in [-0.1, -0.05) is 22.9 Å². The van der Waals surface area contributed by atoms with Crippen LogP contribution in [0, 0.1) is 6.92 Å². The summed E-state index contributed by atoms with van der Waals surface area (Å²) in [6, 6.07) is 8.13. The molecule has 1 heterocycles. The first-order chi connectivity index (χ1) is 9.12. The highest BCUT2D eigenvalue weighted by Crippen LogP contribution is 2.24. The number of benzene rings is 1. The average Bonchev–Trinajstić information content (AvgIpc) is 2.40. The number of hydrogen-bond acceptors (Lipinski definition) is 4. The molecule has 0 saturated heterocycles. The summed E-state index contributed by atoms with van der Waals surface area (Å²) in [4.78, 5) is 8.68. The van der Waals surface area contributed by atoms with E-state index in [2.05, 4.69) is 55.6 Å². The Morgan fingerprint density at radius 2 is 2.00 bits per heavy atom. The van der Waals surface area contributed by atoms with E-state index in [9.17, 15) is 0 Å². The lowest BCUT2D eigenvalue weighted by Gasteiger charge is -2.12. The number of aromatic nitrogens is 2. The van der Waals surface area contributed by atoms with Crippen molar-refractivity contribution in [3.05, 3.63) is 40.0 Å². The fourth-order valence-corrected chi connectivity index (χ4v) is 2.27. The zero-order valence-electron chi connectivity index (χ0n) is 11.3. The molecule has 4 nitrogen and oxygen atoms in total. The zero-order valence-corrected chi connectivity index (χ0v) is 12.9. The smallest absolute Gasteiger partial charge is 0.224 e. The summed E-state index contributed by atoms with van der Waals surface area (Å²) in [5.41, 5.74) is 3.25. The molecule has 0 aliphatic rings. The second kappa shape index (κ2) is 6.02. The summed E-state index contributed by atoms with van der Waals surface area (Å²) in [6.07, 6.45) is 0.963. The predicted octanol–water partition coefficient (Wildman–Crippen LogP) is 3.90. The quantitative estimate of drug-likeness (QED) is 0.897. The lowest BCUT2D eigenvalue weighted by molar-refractivity contribution is 1.09. The number of hydrogen-bond donors (Lipinski definition) is 2. The van der Waals surface area contributed by atoms with Gasteiger partial charge in [0.05, 0.1) is 0 Å². The fraction of sp³-hybridized carbons (Fsp3) is 0.286. The number of nitrogens with zero attached hydrogens (tertiary/aromatic N) is 2. The van der Waals surface area contributed by atoms with Crippen molar-refractivity contribution in [2.45, 2.75) is 20.3 Å². The first kappa shape index (κ1) is 13.8. The molecule has 0 aliphatic heterocycles. The largest absolute Gasteiger partial charge is 0.357 e. The van der Waals surface area contributed by atoms with Crippen molar-refractivity contribution in [3.63, 3.8) is 0 Å². The van der Waals surface area contributed by atoms with Gasteiger partial charge in [-0.2, -0.15) is 4.98 Å². The number of anilines is 3. The van der Waals surface area contributed by atoms with Crippen LogP contribution in [-0.4, -0.2) is 17.0 Å². The molecular weight excluding hydrogens is 304 g/mol. The summed E-state index contributed by atoms with van der Waals surface area (Å²) < 4.78 is 1.09. The van der Waals surface area contributed by atoms with Gasteiger partial charge in [-0.05, 0) is 37.1 Å². The maximum Gasteiger partial charge on any atom is 0.224 e. The summed E-state index contributed by atoms with van der Waals surface area (Å²) >= 11 is 3.49. The Kier molecular flexibility index (Phi) is 4.37. The van der Waals surface area contributed by atoms with Crippen LogP contribution < -0.4 is 10.6 Å². The van der Waals surface area contributed by atoms with Gasteiger partial charge in [-0.25, -0.2) is 4.98 Å². The zero-order chi connectivity index (χ0) is 13.8. The normalized spacial score (nSPS) is 10.3. The van der Waals surface area contributed by atoms with Crippen LogP contribution >= 0.6 is 15.9 Å². The van der Waals surface area contributed by atoms with E-state index in [0.717, 1.165) is 28.1 Å². The second-order valence-corrected chi connectivity index (χ2v) is 5.16. The van der Waals surface area contributed by atoms with E-state index in [-0.39, 0.29) is 0 Å². The SMILES string of the molecule is CCc1cc(Br)ccc1Nc1cc(C)nc(NC)n1. The molecule has 0 saturated carbocycles. The van der Waals surface area contributed by atoms with Gasteiger partial charge in [0.2, 0.25) is 5.95 Å². The maximum atomic E-state index is 4.40. The van der Waals surface area contributed by atoms with Gasteiger partial charge in [0.1, 0.15) is 5.82 Å². The number of aryl methyl sites for hydroxylation is 2. The van der Waals surface area contributed by atoms with Gasteiger partial charge in [-0.3, -0.25) is 0 Å². The molecule has 1 aromatic heterocycles. The molecule has 2 rings (SSSR count). The third-order valence-electron chi connectivity index (χ3n) is 2.79. The van der Waals surface area contributed by atoms with Crippen molar-refractivity contribution in [3.8, 4) is 0 Å². The summed E-state index contributed by atoms with van der Waals surface area (Å²) in [7, 11) is 1.82. The molecule has 0 spiro atoms. The van der Waals surface area contributed by atoms with Crippen molar-refractivity contribution in [1.82, 2.24) is 9.97 Å². The van der Waals surface area contributed by atoms with Crippen LogP contribution in [-0.2, 0) is 6.42 Å². The minimum Gasteiger partial charge on any atom is -0.357 e. The minimum absolute atomic E-state index is 0.623. The highest BCUT2D eigenvalue weighted by molar-refractivity contribution is 9.10. The molecule has 2 N–H and O–H groups in total. The number of nitrogens with one attached hydrogen (secondary N) is 2. The minimum atomic E-state index is 0.623. The highest BCUT2D eigenvalue weighted by Gasteiger charge is 2.05. The van der Waals surface area contributed by atoms with E-state index < -0.39 is 0 Å². The van der Waals surface area contributed by atoms with E-state index in [1.54, 1.807) is 0 Å². The van der Waals surface area contributed by atoms with E-state index in [1.807, 2.05) is 26.1 Å². The first-order valence-electron chi connectivity index (χ1n) is 6.21. The maximum absolute atomic E-state index is 4.40. The van der Waals surface area contributed by atoms with E-state index >= 15 is 0 Å². The molecular formula is C14H17BrN4. The molecule has 0 bridgehead atoms. The molecule has 0 atom stereocenters. The van der Waals surface area contributed by atoms with Gasteiger partial charge < -0.3 is 10.6 Å². The molecule has 2 aromatic rings. The van der Waals surface area contributed by atoms with Gasteiger partial charge >= 0.3 is 0 Å². The molecule has 0 radical (unpaired) electrons. The van der Waals surface area contributed by atoms with Crippen LogP contribution in [0.4, 0.5) is 17.5 Å². The highest BCUT2D eigenvalue weighted by atomic mass is 79.9. The Morgan fingerprint density at radius 3 is 2.68 bits per heavy atom. The Balaban J connectivity index is 2.33. The molecule has 0 amide bonds. The third kappa shape index (κ3) is 3.44. The third-order valence-corrected chi connectivity index (χ3v) is 3.28. The van der Waals surface area contributed by atoms with E-state index in [4.69, 9.17) is 0 Å². The van der Waals surface area contributed by atoms with Crippen LogP contribution in [0.2, 0.25) is 0 Å². The summed E-state index contributed by atoms with van der Waals surface area (Å²) in [5.74, 6) is 1.42. The molecule has 0 fully saturated rings. The summed E-state index contributed by atoms with van der Waals surface area (Å²) in [6.45, 7) is 4.09. The lowest BCUT2D eigenvalue weighted by atomic mass is 10.1. The monoisotopic (exact) mass is 320 g/mol. The molecule has 1 aromatic carbocycles. The molecule has 5 heteroatoms. The van der Waals surface area contributed by atoms with Crippen molar-refractivity contribution >= 4 is 33.4 Å². The second-order valence-electron chi connectivity index (χ2n) is 4.25. The van der Waals surface area contributed by atoms with Crippen LogP contribution in [0.25, 0.3) is 0 Å². The lowest BCUT2D eigenvalue weighted by Crippen LogP contribution is -2.03. The molecule has 0 aliphatic carbocycles. The van der Waals surface area contributed by atoms with Crippen molar-refractivity contribution < 1.29 is 0 Å². The topological polar surface area (TPSA) is 49.8 Å². The van der Waals surface area contributed by atoms with Crippen molar-refractivity contribution in [1.29, 1.82) is 0 Å². The van der Waals surface area contributed by atoms with Gasteiger partial charge in [0.15, 0.2) is 0 Å². The van der Waals surface area contributed by atoms with Crippen molar-refractivity contribution in [2.24, 2.45) is 0 Å². The van der Waals surface area contributed by atoms with Crippen molar-refractivity contribution in [2.75, 3.05) is 17.7 Å². The first-order valence-corrected chi connectivity index (χ1v) is 7.00. The Bertz CT molecular complexity index is 584. The predicted molar refractivity (Wildman–Crippen MR) is 83.1 cm³/mol. The van der Waals surface area contributed by atoms with Crippen LogP contribution in [0.1, 0.15) is 18.2 Å². The fourth-order valence-electron chi connectivity index (χ4n) is 1.86. The molecule has 0 unspecified atom stereocenters. The van der Waals surface area contributed by atoms with Gasteiger partial charge in [0, 0.05) is 29.0 Å². The molecule has 19 heavy (non-hydrogen) atoms. The van der Waals surface area contributed by atoms with Gasteiger partial charge in [0.25, 0.3) is 0 Å². The van der Waals surface area contributed by atoms with Crippen LogP contribution in [0.15, 0.2) is 28.7 Å².